The van der Waals surface area contributed by atoms with Gasteiger partial charge in [-0.25, -0.2) is 4.79 Å². The van der Waals surface area contributed by atoms with Gasteiger partial charge in [-0.1, -0.05) is 31.4 Å². The predicted octanol–water partition coefficient (Wildman–Crippen LogP) is 2.32. The number of hydrogen-bond donors (Lipinski definition) is 1. The largest absolute Gasteiger partial charge is 0.329 e. The Hall–Kier alpha value is -1.03. The van der Waals surface area contributed by atoms with Crippen molar-refractivity contribution in [3.8, 4) is 0 Å². The molecule has 1 aromatic rings. The average Bonchev–Trinajstić information content (AvgIpc) is 2.32. The second-order valence-corrected chi connectivity index (χ2v) is 5.80. The molecule has 1 fully saturated rings. The van der Waals surface area contributed by atoms with Crippen LogP contribution in [-0.4, -0.2) is 9.55 Å². The Labute approximate surface area is 111 Å². The number of hydrogen-bond acceptors (Lipinski definition) is 2. The lowest BCUT2D eigenvalue weighted by Crippen LogP contribution is -2.39. The van der Waals surface area contributed by atoms with E-state index in [-0.39, 0.29) is 10.7 Å². The molecule has 1 saturated carbocycles. The number of H-pyrrole nitrogens is 1. The van der Waals surface area contributed by atoms with Gasteiger partial charge in [0.2, 0.25) is 0 Å². The first kappa shape index (κ1) is 13.4. The molecular formula is C13H19ClN2O2. The van der Waals surface area contributed by atoms with E-state index in [4.69, 9.17) is 11.6 Å². The summed E-state index contributed by atoms with van der Waals surface area (Å²) in [6.07, 6.45) is 4.62. The molecule has 1 N–H and O–H groups in total. The van der Waals surface area contributed by atoms with Gasteiger partial charge in [0.1, 0.15) is 5.15 Å². The Morgan fingerprint density at radius 3 is 2.78 bits per heavy atom. The van der Waals surface area contributed by atoms with Crippen LogP contribution in [0.2, 0.25) is 5.15 Å². The Balaban J connectivity index is 2.27. The van der Waals surface area contributed by atoms with Crippen LogP contribution >= 0.6 is 11.6 Å². The van der Waals surface area contributed by atoms with Crippen molar-refractivity contribution >= 4 is 11.6 Å². The summed E-state index contributed by atoms with van der Waals surface area (Å²) < 4.78 is 1.30. The van der Waals surface area contributed by atoms with Gasteiger partial charge < -0.3 is 0 Å². The summed E-state index contributed by atoms with van der Waals surface area (Å²) in [5.74, 6) is 1.11. The van der Waals surface area contributed by atoms with Crippen molar-refractivity contribution in [1.29, 1.82) is 0 Å². The van der Waals surface area contributed by atoms with E-state index < -0.39 is 5.69 Å². The molecule has 1 heterocycles. The number of halogens is 1. The van der Waals surface area contributed by atoms with Crippen molar-refractivity contribution in [1.82, 2.24) is 9.55 Å². The van der Waals surface area contributed by atoms with Gasteiger partial charge in [0, 0.05) is 12.1 Å². The second kappa shape index (κ2) is 5.31. The molecule has 4 nitrogen and oxygen atoms in total. The van der Waals surface area contributed by atoms with Gasteiger partial charge in [-0.3, -0.25) is 14.3 Å². The van der Waals surface area contributed by atoms with Crippen LogP contribution in [0.4, 0.5) is 0 Å². The first-order valence-corrected chi connectivity index (χ1v) is 6.86. The molecule has 0 aliphatic heterocycles. The lowest BCUT2D eigenvalue weighted by atomic mass is 9.82. The maximum atomic E-state index is 12.0. The fourth-order valence-corrected chi connectivity index (χ4v) is 2.95. The van der Waals surface area contributed by atoms with Gasteiger partial charge in [0.15, 0.2) is 0 Å². The van der Waals surface area contributed by atoms with E-state index >= 15 is 0 Å². The summed E-state index contributed by atoms with van der Waals surface area (Å²) in [5.41, 5.74) is -0.240. The average molecular weight is 271 g/mol. The minimum atomic E-state index is -0.395. The Morgan fingerprint density at radius 1 is 1.39 bits per heavy atom. The zero-order valence-electron chi connectivity index (χ0n) is 10.8. The van der Waals surface area contributed by atoms with Crippen LogP contribution in [0.25, 0.3) is 0 Å². The lowest BCUT2D eigenvalue weighted by Gasteiger charge is -2.26. The SMILES string of the molecule is Cc1c(Cl)[nH]c(=O)n(CC2CCCC(C)C2)c1=O. The van der Waals surface area contributed by atoms with Crippen LogP contribution in [0.5, 0.6) is 0 Å². The summed E-state index contributed by atoms with van der Waals surface area (Å²) in [4.78, 5) is 26.3. The Kier molecular flexibility index (Phi) is 3.95. The van der Waals surface area contributed by atoms with E-state index in [1.165, 1.54) is 17.4 Å². The molecular weight excluding hydrogens is 252 g/mol. The third-order valence-electron chi connectivity index (χ3n) is 3.84. The zero-order chi connectivity index (χ0) is 13.3. The molecule has 0 amide bonds. The predicted molar refractivity (Wildman–Crippen MR) is 72.2 cm³/mol. The molecule has 18 heavy (non-hydrogen) atoms. The van der Waals surface area contributed by atoms with Crippen molar-refractivity contribution in [2.45, 2.75) is 46.1 Å². The van der Waals surface area contributed by atoms with Crippen molar-refractivity contribution in [2.24, 2.45) is 11.8 Å². The highest BCUT2D eigenvalue weighted by molar-refractivity contribution is 6.30. The first-order valence-electron chi connectivity index (χ1n) is 6.48. The number of aromatic nitrogens is 2. The van der Waals surface area contributed by atoms with Crippen LogP contribution in [0, 0.1) is 18.8 Å². The molecule has 1 aliphatic rings. The number of nitrogens with zero attached hydrogens (tertiary/aromatic N) is 1. The summed E-state index contributed by atoms with van der Waals surface area (Å²) >= 11 is 5.79. The topological polar surface area (TPSA) is 54.9 Å². The first-order chi connectivity index (χ1) is 8.49. The van der Waals surface area contributed by atoms with Crippen LogP contribution in [0.15, 0.2) is 9.59 Å². The Morgan fingerprint density at radius 2 is 2.11 bits per heavy atom. The maximum absolute atomic E-state index is 12.0. The Bertz CT molecular complexity index is 547. The quantitative estimate of drug-likeness (QED) is 0.839. The summed E-state index contributed by atoms with van der Waals surface area (Å²) in [7, 11) is 0. The van der Waals surface area contributed by atoms with E-state index in [9.17, 15) is 9.59 Å². The minimum Gasteiger partial charge on any atom is -0.297 e. The van der Waals surface area contributed by atoms with Crippen molar-refractivity contribution in [2.75, 3.05) is 0 Å². The lowest BCUT2D eigenvalue weighted by molar-refractivity contribution is 0.252. The summed E-state index contributed by atoms with van der Waals surface area (Å²) in [6, 6.07) is 0. The minimum absolute atomic E-state index is 0.151. The third kappa shape index (κ3) is 2.69. The van der Waals surface area contributed by atoms with Gasteiger partial charge in [0.05, 0.1) is 0 Å². The van der Waals surface area contributed by atoms with Crippen molar-refractivity contribution in [3.63, 3.8) is 0 Å². The number of rotatable bonds is 2. The fraction of sp³-hybridized carbons (Fsp3) is 0.692. The van der Waals surface area contributed by atoms with Crippen LogP contribution in [0.1, 0.15) is 38.2 Å². The molecule has 0 aromatic carbocycles. The smallest absolute Gasteiger partial charge is 0.297 e. The van der Waals surface area contributed by atoms with Crippen LogP contribution < -0.4 is 11.2 Å². The zero-order valence-corrected chi connectivity index (χ0v) is 11.6. The molecule has 1 aromatic heterocycles. The normalized spacial score (nSPS) is 24.2. The van der Waals surface area contributed by atoms with E-state index in [0.717, 1.165) is 12.8 Å². The molecule has 2 atom stereocenters. The number of nitrogens with one attached hydrogen (secondary N) is 1. The molecule has 0 radical (unpaired) electrons. The summed E-state index contributed by atoms with van der Waals surface area (Å²) in [6.45, 7) is 4.38. The van der Waals surface area contributed by atoms with Gasteiger partial charge in [-0.2, -0.15) is 0 Å². The molecule has 100 valence electrons. The number of aromatic amines is 1. The van der Waals surface area contributed by atoms with Crippen LogP contribution in [-0.2, 0) is 6.54 Å². The molecule has 2 rings (SSSR count). The van der Waals surface area contributed by atoms with Gasteiger partial charge in [-0.05, 0) is 31.6 Å². The van der Waals surface area contributed by atoms with E-state index in [0.29, 0.717) is 23.9 Å². The highest BCUT2D eigenvalue weighted by atomic mass is 35.5. The van der Waals surface area contributed by atoms with Gasteiger partial charge in [0.25, 0.3) is 5.56 Å². The van der Waals surface area contributed by atoms with E-state index in [2.05, 4.69) is 11.9 Å². The van der Waals surface area contributed by atoms with Crippen molar-refractivity contribution in [3.05, 3.63) is 31.6 Å². The molecule has 1 aliphatic carbocycles. The molecule has 2 unspecified atom stereocenters. The van der Waals surface area contributed by atoms with Gasteiger partial charge in [-0.15, -0.1) is 0 Å². The van der Waals surface area contributed by atoms with Crippen molar-refractivity contribution < 1.29 is 0 Å². The second-order valence-electron chi connectivity index (χ2n) is 5.42. The highest BCUT2D eigenvalue weighted by Crippen LogP contribution is 2.29. The van der Waals surface area contributed by atoms with Gasteiger partial charge >= 0.3 is 5.69 Å². The summed E-state index contributed by atoms with van der Waals surface area (Å²) in [5, 5.41) is 0.151. The molecule has 0 saturated heterocycles. The van der Waals surface area contributed by atoms with E-state index in [1.54, 1.807) is 6.92 Å². The van der Waals surface area contributed by atoms with Crippen LogP contribution in [0.3, 0.4) is 0 Å². The fourth-order valence-electron chi connectivity index (χ4n) is 2.79. The molecule has 0 bridgehead atoms. The molecule has 5 heteroatoms. The monoisotopic (exact) mass is 270 g/mol. The standard InChI is InChI=1S/C13H19ClN2O2/c1-8-4-3-5-10(6-8)7-16-12(17)9(2)11(14)15-13(16)18/h8,10H,3-7H2,1-2H3,(H,15,18). The van der Waals surface area contributed by atoms with E-state index in [1.807, 2.05) is 0 Å². The maximum Gasteiger partial charge on any atom is 0.329 e. The highest BCUT2D eigenvalue weighted by Gasteiger charge is 2.21. The molecule has 0 spiro atoms. The third-order valence-corrected chi connectivity index (χ3v) is 4.22.